The Balaban J connectivity index is 1.61. The molecular formula is C20H23NO5. The fourth-order valence-electron chi connectivity index (χ4n) is 3.20. The van der Waals surface area contributed by atoms with Crippen LogP contribution in [0, 0.1) is 13.8 Å². The first-order valence-corrected chi connectivity index (χ1v) is 8.75. The Morgan fingerprint density at radius 2 is 1.85 bits per heavy atom. The van der Waals surface area contributed by atoms with E-state index in [0.717, 1.165) is 18.6 Å². The molecule has 1 aromatic heterocycles. The van der Waals surface area contributed by atoms with E-state index in [9.17, 15) is 9.59 Å². The van der Waals surface area contributed by atoms with Gasteiger partial charge >= 0.3 is 5.97 Å². The van der Waals surface area contributed by atoms with Gasteiger partial charge in [-0.3, -0.25) is 9.59 Å². The van der Waals surface area contributed by atoms with Crippen molar-refractivity contribution in [1.29, 1.82) is 0 Å². The number of aliphatic carboxylic acids is 1. The highest BCUT2D eigenvalue weighted by Crippen LogP contribution is 2.24. The first-order valence-electron chi connectivity index (χ1n) is 8.75. The lowest BCUT2D eigenvalue weighted by Gasteiger charge is -2.32. The summed E-state index contributed by atoms with van der Waals surface area (Å²) < 4.78 is 11.3. The van der Waals surface area contributed by atoms with Gasteiger partial charge in [-0.25, -0.2) is 0 Å². The lowest BCUT2D eigenvalue weighted by atomic mass is 10.0. The lowest BCUT2D eigenvalue weighted by molar-refractivity contribution is -0.136. The number of rotatable bonds is 5. The summed E-state index contributed by atoms with van der Waals surface area (Å²) in [4.78, 5) is 25.5. The van der Waals surface area contributed by atoms with Crippen LogP contribution < -0.4 is 4.74 Å². The highest BCUT2D eigenvalue weighted by Gasteiger charge is 2.29. The Bertz CT molecular complexity index is 785. The van der Waals surface area contributed by atoms with E-state index in [1.807, 2.05) is 31.2 Å². The molecule has 0 radical (unpaired) electrons. The van der Waals surface area contributed by atoms with E-state index in [1.54, 1.807) is 11.8 Å². The second kappa shape index (κ2) is 7.64. The number of carboxylic acid groups (broad SMARTS) is 1. The van der Waals surface area contributed by atoms with Gasteiger partial charge in [-0.1, -0.05) is 17.7 Å². The van der Waals surface area contributed by atoms with Gasteiger partial charge < -0.3 is 19.2 Å². The fraction of sp³-hybridized carbons (Fsp3) is 0.400. The second-order valence-electron chi connectivity index (χ2n) is 6.71. The van der Waals surface area contributed by atoms with E-state index in [2.05, 4.69) is 0 Å². The molecule has 1 saturated heterocycles. The molecule has 0 atom stereocenters. The van der Waals surface area contributed by atoms with E-state index in [1.165, 1.54) is 11.8 Å². The summed E-state index contributed by atoms with van der Waals surface area (Å²) in [6, 6.07) is 7.94. The van der Waals surface area contributed by atoms with Crippen molar-refractivity contribution in [2.24, 2.45) is 0 Å². The molecule has 138 valence electrons. The van der Waals surface area contributed by atoms with E-state index in [-0.39, 0.29) is 24.2 Å². The molecule has 1 N–H and O–H groups in total. The van der Waals surface area contributed by atoms with E-state index < -0.39 is 5.97 Å². The summed E-state index contributed by atoms with van der Waals surface area (Å²) in [5.41, 5.74) is 2.24. The molecule has 26 heavy (non-hydrogen) atoms. The Morgan fingerprint density at radius 3 is 2.46 bits per heavy atom. The minimum Gasteiger partial charge on any atom is -0.490 e. The number of piperidine rings is 1. The van der Waals surface area contributed by atoms with Crippen LogP contribution in [0.1, 0.15) is 40.1 Å². The van der Waals surface area contributed by atoms with Gasteiger partial charge in [0.15, 0.2) is 0 Å². The number of amides is 1. The number of furan rings is 1. The predicted octanol–water partition coefficient (Wildman–Crippen LogP) is 3.21. The van der Waals surface area contributed by atoms with Gasteiger partial charge in [0.2, 0.25) is 0 Å². The number of ether oxygens (including phenoxy) is 1. The average molecular weight is 357 g/mol. The maximum absolute atomic E-state index is 12.8. The third kappa shape index (κ3) is 4.07. The number of benzene rings is 1. The quantitative estimate of drug-likeness (QED) is 0.889. The number of hydrogen-bond acceptors (Lipinski definition) is 4. The average Bonchev–Trinajstić information content (AvgIpc) is 2.96. The standard InChI is InChI=1S/C20H23NO5/c1-13-3-5-15(6-4-13)26-16-7-9-21(10-8-16)20(24)19-14(2)12-25-17(19)11-18(22)23/h3-6,12,16H,7-11H2,1-2H3,(H,22,23). The molecule has 1 fully saturated rings. The number of aryl methyl sites for hydroxylation is 2. The summed E-state index contributed by atoms with van der Waals surface area (Å²) in [6.45, 7) is 4.94. The Labute approximate surface area is 152 Å². The molecule has 1 aromatic carbocycles. The summed E-state index contributed by atoms with van der Waals surface area (Å²) in [5, 5.41) is 8.98. The highest BCUT2D eigenvalue weighted by molar-refractivity contribution is 5.97. The second-order valence-corrected chi connectivity index (χ2v) is 6.71. The number of carbonyl (C=O) groups excluding carboxylic acids is 1. The third-order valence-electron chi connectivity index (χ3n) is 4.63. The van der Waals surface area contributed by atoms with Gasteiger partial charge in [-0.15, -0.1) is 0 Å². The molecule has 2 aromatic rings. The Morgan fingerprint density at radius 1 is 1.19 bits per heavy atom. The zero-order valence-corrected chi connectivity index (χ0v) is 15.0. The van der Waals surface area contributed by atoms with E-state index in [4.69, 9.17) is 14.3 Å². The van der Waals surface area contributed by atoms with Crippen LogP contribution in [0.25, 0.3) is 0 Å². The van der Waals surface area contributed by atoms with Crippen molar-refractivity contribution in [2.45, 2.75) is 39.2 Å². The molecule has 2 heterocycles. The molecule has 6 nitrogen and oxygen atoms in total. The first-order chi connectivity index (χ1) is 12.4. The number of likely N-dealkylation sites (tertiary alicyclic amines) is 1. The summed E-state index contributed by atoms with van der Waals surface area (Å²) in [7, 11) is 0. The Kier molecular flexibility index (Phi) is 5.30. The van der Waals surface area contributed by atoms with Crippen LogP contribution in [0.3, 0.4) is 0 Å². The van der Waals surface area contributed by atoms with Crippen molar-refractivity contribution in [1.82, 2.24) is 4.90 Å². The van der Waals surface area contributed by atoms with Crippen molar-refractivity contribution in [3.63, 3.8) is 0 Å². The normalized spacial score (nSPS) is 15.1. The SMILES string of the molecule is Cc1ccc(OC2CCN(C(=O)c3c(C)coc3CC(=O)O)CC2)cc1. The molecule has 0 unspecified atom stereocenters. The van der Waals surface area contributed by atoms with Crippen molar-refractivity contribution in [3.05, 3.63) is 53.0 Å². The fourth-order valence-corrected chi connectivity index (χ4v) is 3.20. The molecule has 3 rings (SSSR count). The highest BCUT2D eigenvalue weighted by atomic mass is 16.5. The van der Waals surface area contributed by atoms with Crippen LogP contribution in [0.5, 0.6) is 5.75 Å². The van der Waals surface area contributed by atoms with Gasteiger partial charge in [0.05, 0.1) is 11.8 Å². The van der Waals surface area contributed by atoms with Crippen molar-refractivity contribution >= 4 is 11.9 Å². The van der Waals surface area contributed by atoms with Gasteiger partial charge in [-0.2, -0.15) is 0 Å². The number of nitrogens with zero attached hydrogens (tertiary/aromatic N) is 1. The number of hydrogen-bond donors (Lipinski definition) is 1. The summed E-state index contributed by atoms with van der Waals surface area (Å²) in [5.74, 6) is -0.118. The van der Waals surface area contributed by atoms with E-state index in [0.29, 0.717) is 24.2 Å². The minimum absolute atomic E-state index is 0.0747. The molecule has 1 aliphatic rings. The first kappa shape index (κ1) is 18.0. The molecule has 0 aliphatic carbocycles. The van der Waals surface area contributed by atoms with Crippen LogP contribution in [-0.2, 0) is 11.2 Å². The third-order valence-corrected chi connectivity index (χ3v) is 4.63. The van der Waals surface area contributed by atoms with Crippen LogP contribution in [-0.4, -0.2) is 41.1 Å². The smallest absolute Gasteiger partial charge is 0.311 e. The van der Waals surface area contributed by atoms with Crippen molar-refractivity contribution < 1.29 is 23.8 Å². The zero-order chi connectivity index (χ0) is 18.7. The summed E-state index contributed by atoms with van der Waals surface area (Å²) in [6.07, 6.45) is 2.71. The molecular weight excluding hydrogens is 334 g/mol. The summed E-state index contributed by atoms with van der Waals surface area (Å²) >= 11 is 0. The minimum atomic E-state index is -1.02. The number of carboxylic acids is 1. The molecule has 0 bridgehead atoms. The molecule has 1 aliphatic heterocycles. The van der Waals surface area contributed by atoms with E-state index >= 15 is 0 Å². The van der Waals surface area contributed by atoms with Crippen LogP contribution in [0.15, 0.2) is 34.9 Å². The van der Waals surface area contributed by atoms with Crippen molar-refractivity contribution in [2.75, 3.05) is 13.1 Å². The van der Waals surface area contributed by atoms with Crippen LogP contribution >= 0.6 is 0 Å². The van der Waals surface area contributed by atoms with Gasteiger partial charge in [0.1, 0.15) is 24.0 Å². The maximum Gasteiger partial charge on any atom is 0.311 e. The molecule has 6 heteroatoms. The number of carbonyl (C=O) groups is 2. The zero-order valence-electron chi connectivity index (χ0n) is 15.0. The van der Waals surface area contributed by atoms with Gasteiger partial charge in [0, 0.05) is 31.5 Å². The van der Waals surface area contributed by atoms with Crippen LogP contribution in [0.2, 0.25) is 0 Å². The molecule has 1 amide bonds. The predicted molar refractivity (Wildman–Crippen MR) is 95.5 cm³/mol. The Hall–Kier alpha value is -2.76. The van der Waals surface area contributed by atoms with Gasteiger partial charge in [0.25, 0.3) is 5.91 Å². The topological polar surface area (TPSA) is 80.0 Å². The van der Waals surface area contributed by atoms with Gasteiger partial charge in [-0.05, 0) is 26.0 Å². The molecule has 0 spiro atoms. The largest absolute Gasteiger partial charge is 0.490 e. The van der Waals surface area contributed by atoms with Crippen molar-refractivity contribution in [3.8, 4) is 5.75 Å². The molecule has 0 saturated carbocycles. The van der Waals surface area contributed by atoms with Crippen LogP contribution in [0.4, 0.5) is 0 Å². The monoisotopic (exact) mass is 357 g/mol. The maximum atomic E-state index is 12.8. The lowest BCUT2D eigenvalue weighted by Crippen LogP contribution is -2.42.